The lowest BCUT2D eigenvalue weighted by Crippen LogP contribution is -2.47. The largest absolute Gasteiger partial charge is 0.350 e. The predicted molar refractivity (Wildman–Crippen MR) is 84.3 cm³/mol. The van der Waals surface area contributed by atoms with Crippen LogP contribution in [-0.4, -0.2) is 37.3 Å². The van der Waals surface area contributed by atoms with Gasteiger partial charge in [0.25, 0.3) is 10.0 Å². The van der Waals surface area contributed by atoms with Gasteiger partial charge >= 0.3 is 0 Å². The molecule has 0 aliphatic heterocycles. The van der Waals surface area contributed by atoms with E-state index in [4.69, 9.17) is 0 Å². The first kappa shape index (κ1) is 17.6. The Morgan fingerprint density at radius 3 is 2.45 bits per heavy atom. The molecule has 114 valence electrons. The van der Waals surface area contributed by atoms with Crippen LogP contribution in [0.5, 0.6) is 0 Å². The number of sulfonamides is 1. The minimum atomic E-state index is -3.64. The van der Waals surface area contributed by atoms with Crippen LogP contribution < -0.4 is 5.32 Å². The first-order valence-corrected chi connectivity index (χ1v) is 9.23. The smallest absolute Gasteiger partial charge is 0.254 e. The highest BCUT2D eigenvalue weighted by atomic mass is 79.9. The highest BCUT2D eigenvalue weighted by Gasteiger charge is 2.29. The van der Waals surface area contributed by atoms with Crippen molar-refractivity contribution < 1.29 is 13.2 Å². The highest BCUT2D eigenvalue weighted by Crippen LogP contribution is 2.30. The van der Waals surface area contributed by atoms with Gasteiger partial charge < -0.3 is 5.32 Å². The molecule has 5 nitrogen and oxygen atoms in total. The number of halogens is 1. The van der Waals surface area contributed by atoms with Crippen molar-refractivity contribution in [2.75, 3.05) is 13.1 Å². The van der Waals surface area contributed by atoms with Crippen LogP contribution in [0.4, 0.5) is 0 Å². The van der Waals surface area contributed by atoms with Crippen molar-refractivity contribution in [2.24, 2.45) is 0 Å². The van der Waals surface area contributed by atoms with Gasteiger partial charge in [0.2, 0.25) is 5.91 Å². The lowest BCUT2D eigenvalue weighted by molar-refractivity contribution is -0.122. The monoisotopic (exact) mass is 382 g/mol. The molecule has 0 spiro atoms. The summed E-state index contributed by atoms with van der Waals surface area (Å²) >= 11 is 4.35. The van der Waals surface area contributed by atoms with Crippen LogP contribution in [0.15, 0.2) is 20.1 Å². The van der Waals surface area contributed by atoms with Gasteiger partial charge in [0.15, 0.2) is 0 Å². The molecule has 1 amide bonds. The molecule has 0 saturated heterocycles. The van der Waals surface area contributed by atoms with Crippen LogP contribution in [0, 0.1) is 0 Å². The van der Waals surface area contributed by atoms with E-state index in [9.17, 15) is 13.2 Å². The number of nitrogens with zero attached hydrogens (tertiary/aromatic N) is 1. The molecule has 1 heterocycles. The standard InChI is InChI=1S/C12H19BrN2O3S2/c1-5-15(8-10(16)14-12(2,3)4)20(17,18)11-9(13)6-7-19-11/h6-7H,5,8H2,1-4H3,(H,14,16). The molecule has 1 rings (SSSR count). The van der Waals surface area contributed by atoms with Crippen LogP contribution in [0.25, 0.3) is 0 Å². The fraction of sp³-hybridized carbons (Fsp3) is 0.583. The van der Waals surface area contributed by atoms with Gasteiger partial charge in [-0.3, -0.25) is 4.79 Å². The molecule has 20 heavy (non-hydrogen) atoms. The zero-order chi connectivity index (χ0) is 15.6. The van der Waals surface area contributed by atoms with Crippen molar-refractivity contribution in [1.82, 2.24) is 9.62 Å². The summed E-state index contributed by atoms with van der Waals surface area (Å²) in [7, 11) is -3.64. The quantitative estimate of drug-likeness (QED) is 0.849. The van der Waals surface area contributed by atoms with E-state index in [2.05, 4.69) is 21.2 Å². The molecule has 1 aromatic rings. The summed E-state index contributed by atoms with van der Waals surface area (Å²) in [6.07, 6.45) is 0. The molecule has 0 unspecified atom stereocenters. The van der Waals surface area contributed by atoms with Gasteiger partial charge in [-0.2, -0.15) is 4.31 Å². The van der Waals surface area contributed by atoms with Crippen LogP contribution >= 0.6 is 27.3 Å². The van der Waals surface area contributed by atoms with Crippen molar-refractivity contribution in [3.05, 3.63) is 15.9 Å². The van der Waals surface area contributed by atoms with Gasteiger partial charge in [0, 0.05) is 16.6 Å². The third-order valence-corrected chi connectivity index (χ3v) is 6.91. The molecule has 0 saturated carbocycles. The lowest BCUT2D eigenvalue weighted by atomic mass is 10.1. The van der Waals surface area contributed by atoms with Gasteiger partial charge in [-0.1, -0.05) is 6.92 Å². The van der Waals surface area contributed by atoms with Gasteiger partial charge in [-0.05, 0) is 48.1 Å². The first-order chi connectivity index (χ1) is 9.08. The molecular formula is C12H19BrN2O3S2. The zero-order valence-corrected chi connectivity index (χ0v) is 15.2. The predicted octanol–water partition coefficient (Wildman–Crippen LogP) is 2.44. The number of carbonyl (C=O) groups excluding carboxylic acids is 1. The Balaban J connectivity index is 2.92. The van der Waals surface area contributed by atoms with E-state index in [0.29, 0.717) is 4.47 Å². The molecular weight excluding hydrogens is 364 g/mol. The molecule has 0 bridgehead atoms. The maximum absolute atomic E-state index is 12.5. The number of hydrogen-bond acceptors (Lipinski definition) is 4. The average molecular weight is 383 g/mol. The topological polar surface area (TPSA) is 66.5 Å². The Kier molecular flexibility index (Phi) is 5.77. The summed E-state index contributed by atoms with van der Waals surface area (Å²) < 4.78 is 26.9. The second-order valence-electron chi connectivity index (χ2n) is 5.29. The maximum atomic E-state index is 12.5. The summed E-state index contributed by atoms with van der Waals surface area (Å²) in [5.74, 6) is -0.310. The van der Waals surface area contributed by atoms with Crippen molar-refractivity contribution in [2.45, 2.75) is 37.4 Å². The summed E-state index contributed by atoms with van der Waals surface area (Å²) in [4.78, 5) is 11.9. The Morgan fingerprint density at radius 1 is 1.45 bits per heavy atom. The maximum Gasteiger partial charge on any atom is 0.254 e. The Labute approximate surface area is 132 Å². The van der Waals surface area contributed by atoms with Crippen LogP contribution in [0.3, 0.4) is 0 Å². The van der Waals surface area contributed by atoms with Crippen LogP contribution in [-0.2, 0) is 14.8 Å². The number of thiophene rings is 1. The molecule has 0 aliphatic carbocycles. The third kappa shape index (κ3) is 4.54. The van der Waals surface area contributed by atoms with E-state index in [-0.39, 0.29) is 28.7 Å². The molecule has 0 radical (unpaired) electrons. The third-order valence-electron chi connectivity index (χ3n) is 2.35. The zero-order valence-electron chi connectivity index (χ0n) is 11.9. The van der Waals surface area contributed by atoms with Gasteiger partial charge in [-0.25, -0.2) is 8.42 Å². The second-order valence-corrected chi connectivity index (χ2v) is 9.19. The molecule has 0 aromatic carbocycles. The molecule has 0 aliphatic rings. The van der Waals surface area contributed by atoms with E-state index in [1.807, 2.05) is 20.8 Å². The van der Waals surface area contributed by atoms with Crippen molar-refractivity contribution >= 4 is 43.2 Å². The van der Waals surface area contributed by atoms with E-state index in [0.717, 1.165) is 11.3 Å². The van der Waals surface area contributed by atoms with Crippen LogP contribution in [0.1, 0.15) is 27.7 Å². The number of rotatable bonds is 5. The molecule has 0 fully saturated rings. The Hall–Kier alpha value is -0.440. The fourth-order valence-electron chi connectivity index (χ4n) is 1.57. The number of likely N-dealkylation sites (N-methyl/N-ethyl adjacent to an activating group) is 1. The average Bonchev–Trinajstić information content (AvgIpc) is 2.70. The fourth-order valence-corrected chi connectivity index (χ4v) is 5.42. The summed E-state index contributed by atoms with van der Waals surface area (Å²) in [6, 6.07) is 1.68. The Bertz CT molecular complexity index is 576. The summed E-state index contributed by atoms with van der Waals surface area (Å²) in [6.45, 7) is 7.33. The van der Waals surface area contributed by atoms with E-state index in [1.54, 1.807) is 18.4 Å². The Morgan fingerprint density at radius 2 is 2.05 bits per heavy atom. The second kappa shape index (κ2) is 6.55. The number of nitrogens with one attached hydrogen (secondary N) is 1. The minimum absolute atomic E-state index is 0.180. The molecule has 1 aromatic heterocycles. The number of carbonyl (C=O) groups is 1. The molecule has 8 heteroatoms. The van der Waals surface area contributed by atoms with E-state index >= 15 is 0 Å². The SMILES string of the molecule is CCN(CC(=O)NC(C)(C)C)S(=O)(=O)c1sccc1Br. The lowest BCUT2D eigenvalue weighted by Gasteiger charge is -2.24. The van der Waals surface area contributed by atoms with Crippen molar-refractivity contribution in [3.8, 4) is 0 Å². The normalized spacial score (nSPS) is 12.7. The number of amides is 1. The van der Waals surface area contributed by atoms with Gasteiger partial charge in [0.1, 0.15) is 4.21 Å². The van der Waals surface area contributed by atoms with Crippen LogP contribution in [0.2, 0.25) is 0 Å². The summed E-state index contributed by atoms with van der Waals surface area (Å²) in [5, 5.41) is 4.46. The highest BCUT2D eigenvalue weighted by molar-refractivity contribution is 9.10. The van der Waals surface area contributed by atoms with E-state index in [1.165, 1.54) is 4.31 Å². The molecule has 0 atom stereocenters. The van der Waals surface area contributed by atoms with Crippen molar-refractivity contribution in [1.29, 1.82) is 0 Å². The first-order valence-electron chi connectivity index (χ1n) is 6.12. The van der Waals surface area contributed by atoms with Gasteiger partial charge in [-0.15, -0.1) is 11.3 Å². The number of hydrogen-bond donors (Lipinski definition) is 1. The molecule has 1 N–H and O–H groups in total. The minimum Gasteiger partial charge on any atom is -0.350 e. The van der Waals surface area contributed by atoms with Crippen molar-refractivity contribution in [3.63, 3.8) is 0 Å². The summed E-state index contributed by atoms with van der Waals surface area (Å²) in [5.41, 5.74) is -0.385. The van der Waals surface area contributed by atoms with E-state index < -0.39 is 10.0 Å². The van der Waals surface area contributed by atoms with Gasteiger partial charge in [0.05, 0.1) is 6.54 Å².